The maximum Gasteiger partial charge on any atom is 0.194 e. The highest BCUT2D eigenvalue weighted by Crippen LogP contribution is 2.26. The van der Waals surface area contributed by atoms with Gasteiger partial charge in [-0.1, -0.05) is 24.3 Å². The van der Waals surface area contributed by atoms with Gasteiger partial charge in [0.1, 0.15) is 6.10 Å². The van der Waals surface area contributed by atoms with E-state index in [-0.39, 0.29) is 11.3 Å². The van der Waals surface area contributed by atoms with Crippen LogP contribution in [0.1, 0.15) is 17.4 Å². The predicted octanol–water partition coefficient (Wildman–Crippen LogP) is 3.73. The van der Waals surface area contributed by atoms with Crippen molar-refractivity contribution in [3.63, 3.8) is 0 Å². The number of aliphatic hydroxyl groups excluding tert-OH is 1. The highest BCUT2D eigenvalue weighted by atomic mass is 19.2. The zero-order chi connectivity index (χ0) is 15.0. The van der Waals surface area contributed by atoms with Crippen LogP contribution in [0.2, 0.25) is 0 Å². The van der Waals surface area contributed by atoms with Gasteiger partial charge in [-0.25, -0.2) is 18.2 Å². The molecule has 3 aromatic rings. The van der Waals surface area contributed by atoms with Crippen LogP contribution in [-0.2, 0) is 0 Å². The van der Waals surface area contributed by atoms with Gasteiger partial charge in [-0.2, -0.15) is 0 Å². The van der Waals surface area contributed by atoms with Crippen molar-refractivity contribution in [2.45, 2.75) is 6.10 Å². The Balaban J connectivity index is 2.08. The van der Waals surface area contributed by atoms with Gasteiger partial charge in [0.2, 0.25) is 0 Å². The van der Waals surface area contributed by atoms with Gasteiger partial charge in [-0.15, -0.1) is 0 Å². The topological polar surface area (TPSA) is 33.1 Å². The lowest BCUT2D eigenvalue weighted by Gasteiger charge is -2.12. The second kappa shape index (κ2) is 5.18. The Morgan fingerprint density at radius 3 is 2.43 bits per heavy atom. The Kier molecular flexibility index (Phi) is 3.35. The number of aliphatic hydroxyl groups is 1. The van der Waals surface area contributed by atoms with Crippen molar-refractivity contribution in [2.75, 3.05) is 0 Å². The summed E-state index contributed by atoms with van der Waals surface area (Å²) < 4.78 is 39.9. The average Bonchev–Trinajstić information content (AvgIpc) is 2.52. The molecule has 0 saturated carbocycles. The first-order chi connectivity index (χ1) is 10.1. The van der Waals surface area contributed by atoms with E-state index >= 15 is 0 Å². The first-order valence-corrected chi connectivity index (χ1v) is 6.25. The third-order valence-corrected chi connectivity index (χ3v) is 3.26. The Morgan fingerprint density at radius 2 is 1.62 bits per heavy atom. The van der Waals surface area contributed by atoms with Crippen LogP contribution in [0.25, 0.3) is 10.9 Å². The van der Waals surface area contributed by atoms with Gasteiger partial charge in [-0.3, -0.25) is 0 Å². The number of hydrogen-bond donors (Lipinski definition) is 1. The van der Waals surface area contributed by atoms with Crippen molar-refractivity contribution < 1.29 is 18.3 Å². The van der Waals surface area contributed by atoms with Crippen LogP contribution >= 0.6 is 0 Å². The van der Waals surface area contributed by atoms with Gasteiger partial charge in [0, 0.05) is 10.9 Å². The average molecular weight is 289 g/mol. The Labute approximate surface area is 118 Å². The fourth-order valence-electron chi connectivity index (χ4n) is 2.15. The van der Waals surface area contributed by atoms with Crippen molar-refractivity contribution >= 4 is 10.9 Å². The largest absolute Gasteiger partial charge is 0.382 e. The number of hydrogen-bond acceptors (Lipinski definition) is 2. The highest BCUT2D eigenvalue weighted by Gasteiger charge is 2.21. The fourth-order valence-corrected chi connectivity index (χ4v) is 2.15. The third-order valence-electron chi connectivity index (χ3n) is 3.26. The van der Waals surface area contributed by atoms with Crippen molar-refractivity contribution in [1.82, 2.24) is 4.98 Å². The number of benzene rings is 2. The fraction of sp³-hybridized carbons (Fsp3) is 0.0625. The molecular formula is C16H10F3NO. The standard InChI is InChI=1S/C16H10F3NO/c17-11-7-6-10(14(18)15(11)19)16(21)13-8-5-9-3-1-2-4-12(9)20-13/h1-8,16,21H. The number of halogens is 3. The molecule has 1 atom stereocenters. The summed E-state index contributed by atoms with van der Waals surface area (Å²) in [5, 5.41) is 11.0. The first-order valence-electron chi connectivity index (χ1n) is 6.25. The summed E-state index contributed by atoms with van der Waals surface area (Å²) in [5.74, 6) is -4.31. The van der Waals surface area contributed by atoms with Gasteiger partial charge >= 0.3 is 0 Å². The smallest absolute Gasteiger partial charge is 0.194 e. The molecule has 0 aliphatic rings. The molecule has 0 radical (unpaired) electrons. The van der Waals surface area contributed by atoms with E-state index in [9.17, 15) is 18.3 Å². The molecule has 1 aromatic heterocycles. The second-order valence-electron chi connectivity index (χ2n) is 4.60. The van der Waals surface area contributed by atoms with Crippen LogP contribution in [0, 0.1) is 17.5 Å². The van der Waals surface area contributed by atoms with Gasteiger partial charge in [0.25, 0.3) is 0 Å². The summed E-state index contributed by atoms with van der Waals surface area (Å²) in [6.45, 7) is 0. The maximum atomic E-state index is 13.7. The Morgan fingerprint density at radius 1 is 0.857 bits per heavy atom. The molecular weight excluding hydrogens is 279 g/mol. The van der Waals surface area contributed by atoms with Gasteiger partial charge < -0.3 is 5.11 Å². The molecule has 106 valence electrons. The molecule has 0 aliphatic carbocycles. The van der Waals surface area contributed by atoms with Crippen molar-refractivity contribution in [3.8, 4) is 0 Å². The second-order valence-corrected chi connectivity index (χ2v) is 4.60. The molecule has 21 heavy (non-hydrogen) atoms. The van der Waals surface area contributed by atoms with E-state index in [0.29, 0.717) is 5.52 Å². The lowest BCUT2D eigenvalue weighted by atomic mass is 10.0. The van der Waals surface area contributed by atoms with E-state index in [1.807, 2.05) is 12.1 Å². The summed E-state index contributed by atoms with van der Waals surface area (Å²) >= 11 is 0. The Hall–Kier alpha value is -2.40. The van der Waals surface area contributed by atoms with E-state index in [1.165, 1.54) is 6.07 Å². The van der Waals surface area contributed by atoms with Crippen LogP contribution in [-0.4, -0.2) is 10.1 Å². The molecule has 2 aromatic carbocycles. The Bertz CT molecular complexity index is 820. The first kappa shape index (κ1) is 13.6. The van der Waals surface area contributed by atoms with E-state index < -0.39 is 23.6 Å². The van der Waals surface area contributed by atoms with E-state index in [0.717, 1.165) is 17.5 Å². The SMILES string of the molecule is OC(c1ccc2ccccc2n1)c1ccc(F)c(F)c1F. The van der Waals surface area contributed by atoms with Crippen molar-refractivity contribution in [1.29, 1.82) is 0 Å². The van der Waals surface area contributed by atoms with Crippen LogP contribution in [0.5, 0.6) is 0 Å². The van der Waals surface area contributed by atoms with Crippen LogP contribution in [0.3, 0.4) is 0 Å². The summed E-state index contributed by atoms with van der Waals surface area (Å²) in [6, 6.07) is 12.2. The van der Waals surface area contributed by atoms with Crippen molar-refractivity contribution in [3.05, 3.63) is 77.2 Å². The molecule has 0 amide bonds. The molecule has 0 bridgehead atoms. The van der Waals surface area contributed by atoms with Gasteiger partial charge in [0.05, 0.1) is 11.2 Å². The summed E-state index contributed by atoms with van der Waals surface area (Å²) in [5.41, 5.74) is 0.437. The molecule has 0 aliphatic heterocycles. The lowest BCUT2D eigenvalue weighted by molar-refractivity contribution is 0.208. The zero-order valence-corrected chi connectivity index (χ0v) is 10.7. The molecule has 0 spiro atoms. The molecule has 5 heteroatoms. The number of rotatable bonds is 2. The van der Waals surface area contributed by atoms with Gasteiger partial charge in [-0.05, 0) is 24.3 Å². The van der Waals surface area contributed by atoms with Crippen LogP contribution in [0.15, 0.2) is 48.5 Å². The number of fused-ring (bicyclic) bond motifs is 1. The van der Waals surface area contributed by atoms with Crippen LogP contribution in [0.4, 0.5) is 13.2 Å². The molecule has 0 fully saturated rings. The number of aromatic nitrogens is 1. The normalized spacial score (nSPS) is 12.6. The van der Waals surface area contributed by atoms with E-state index in [2.05, 4.69) is 4.98 Å². The molecule has 2 nitrogen and oxygen atoms in total. The predicted molar refractivity (Wildman–Crippen MR) is 72.1 cm³/mol. The van der Waals surface area contributed by atoms with E-state index in [1.54, 1.807) is 18.2 Å². The number of para-hydroxylation sites is 1. The summed E-state index contributed by atoms with van der Waals surface area (Å²) in [7, 11) is 0. The molecule has 1 N–H and O–H groups in total. The quantitative estimate of drug-likeness (QED) is 0.729. The van der Waals surface area contributed by atoms with E-state index in [4.69, 9.17) is 0 Å². The highest BCUT2D eigenvalue weighted by molar-refractivity contribution is 5.78. The molecule has 1 heterocycles. The van der Waals surface area contributed by atoms with Gasteiger partial charge in [0.15, 0.2) is 17.5 Å². The van der Waals surface area contributed by atoms with Crippen LogP contribution < -0.4 is 0 Å². The monoisotopic (exact) mass is 289 g/mol. The molecule has 3 rings (SSSR count). The minimum Gasteiger partial charge on any atom is -0.382 e. The van der Waals surface area contributed by atoms with Crippen molar-refractivity contribution in [2.24, 2.45) is 0 Å². The lowest BCUT2D eigenvalue weighted by Crippen LogP contribution is -2.07. The zero-order valence-electron chi connectivity index (χ0n) is 10.7. The molecule has 0 saturated heterocycles. The number of nitrogens with zero attached hydrogens (tertiary/aromatic N) is 1. The maximum absolute atomic E-state index is 13.7. The summed E-state index contributed by atoms with van der Waals surface area (Å²) in [6.07, 6.45) is -1.47. The third kappa shape index (κ3) is 2.36. The minimum atomic E-state index is -1.60. The molecule has 1 unspecified atom stereocenters. The summed E-state index contributed by atoms with van der Waals surface area (Å²) in [4.78, 5) is 4.21. The minimum absolute atomic E-state index is 0.165. The number of pyridine rings is 1.